The third kappa shape index (κ3) is 3.88. The Labute approximate surface area is 139 Å². The van der Waals surface area contributed by atoms with Crippen molar-refractivity contribution in [3.05, 3.63) is 34.3 Å². The zero-order valence-corrected chi connectivity index (χ0v) is 14.4. The number of aryl methyl sites for hydroxylation is 1. The molecule has 0 aliphatic rings. The van der Waals surface area contributed by atoms with Crippen molar-refractivity contribution in [3.8, 4) is 22.4 Å². The predicted molar refractivity (Wildman–Crippen MR) is 88.7 cm³/mol. The molecule has 0 unspecified atom stereocenters. The second-order valence-electron chi connectivity index (χ2n) is 5.45. The molecule has 1 aromatic heterocycles. The summed E-state index contributed by atoms with van der Waals surface area (Å²) in [6.45, 7) is 6.41. The van der Waals surface area contributed by atoms with Crippen LogP contribution in [0.5, 0.6) is 5.75 Å². The summed E-state index contributed by atoms with van der Waals surface area (Å²) in [4.78, 5) is 16.6. The number of esters is 1. The zero-order valence-electron chi connectivity index (χ0n) is 13.5. The summed E-state index contributed by atoms with van der Waals surface area (Å²) in [5.74, 6) is 0.542. The van der Waals surface area contributed by atoms with Gasteiger partial charge in [-0.2, -0.15) is 5.26 Å². The molecule has 0 fully saturated rings. The van der Waals surface area contributed by atoms with Crippen LogP contribution in [0, 0.1) is 24.2 Å². The Morgan fingerprint density at radius 2 is 2.17 bits per heavy atom. The lowest BCUT2D eigenvalue weighted by Gasteiger charge is -2.10. The van der Waals surface area contributed by atoms with Gasteiger partial charge in [-0.05, 0) is 31.0 Å². The molecule has 1 aromatic carbocycles. The van der Waals surface area contributed by atoms with Gasteiger partial charge < -0.3 is 9.47 Å². The number of aromatic nitrogens is 1. The van der Waals surface area contributed by atoms with Gasteiger partial charge in [0.15, 0.2) is 0 Å². The minimum Gasteiger partial charge on any atom is -0.492 e. The van der Waals surface area contributed by atoms with E-state index in [4.69, 9.17) is 9.47 Å². The minimum absolute atomic E-state index is 0.380. The van der Waals surface area contributed by atoms with Gasteiger partial charge in [0.25, 0.3) is 0 Å². The Balaban J connectivity index is 2.34. The number of hydrogen-bond acceptors (Lipinski definition) is 6. The normalized spacial score (nSPS) is 10.4. The number of benzene rings is 1. The van der Waals surface area contributed by atoms with Crippen LogP contribution in [-0.4, -0.2) is 24.7 Å². The monoisotopic (exact) mass is 330 g/mol. The third-order valence-corrected chi connectivity index (χ3v) is 4.27. The second-order valence-corrected chi connectivity index (χ2v) is 6.45. The summed E-state index contributed by atoms with van der Waals surface area (Å²) in [6, 6.07) is 7.49. The molecule has 0 atom stereocenters. The summed E-state index contributed by atoms with van der Waals surface area (Å²) >= 11 is 1.25. The van der Waals surface area contributed by atoms with Gasteiger partial charge in [-0.1, -0.05) is 13.8 Å². The first-order valence-electron chi connectivity index (χ1n) is 7.19. The van der Waals surface area contributed by atoms with E-state index in [9.17, 15) is 10.1 Å². The highest BCUT2D eigenvalue weighted by Gasteiger charge is 2.17. The maximum Gasteiger partial charge on any atom is 0.349 e. The summed E-state index contributed by atoms with van der Waals surface area (Å²) in [5.41, 5.74) is 1.85. The molecule has 2 rings (SSSR count). The van der Waals surface area contributed by atoms with Crippen molar-refractivity contribution in [1.82, 2.24) is 4.98 Å². The Morgan fingerprint density at radius 3 is 2.78 bits per heavy atom. The lowest BCUT2D eigenvalue weighted by atomic mass is 10.1. The number of methoxy groups -OCH3 is 1. The van der Waals surface area contributed by atoms with Gasteiger partial charge in [0, 0.05) is 5.56 Å². The molecule has 0 radical (unpaired) electrons. The molecule has 6 heteroatoms. The van der Waals surface area contributed by atoms with E-state index >= 15 is 0 Å². The molecule has 0 saturated heterocycles. The van der Waals surface area contributed by atoms with E-state index in [2.05, 4.69) is 11.1 Å². The summed E-state index contributed by atoms with van der Waals surface area (Å²) in [6.07, 6.45) is 0. The molecule has 0 aliphatic carbocycles. The van der Waals surface area contributed by atoms with E-state index < -0.39 is 5.97 Å². The molecule has 120 valence electrons. The number of thiazole rings is 1. The molecule has 0 N–H and O–H groups in total. The lowest BCUT2D eigenvalue weighted by molar-refractivity contribution is 0.0605. The van der Waals surface area contributed by atoms with Crippen LogP contribution in [0.4, 0.5) is 0 Å². The molecule has 2 aromatic rings. The van der Waals surface area contributed by atoms with Crippen LogP contribution in [0.1, 0.15) is 34.8 Å². The van der Waals surface area contributed by atoms with Crippen LogP contribution in [0.2, 0.25) is 0 Å². The Kier molecular flexibility index (Phi) is 5.35. The molecule has 0 bridgehead atoms. The van der Waals surface area contributed by atoms with Crippen LogP contribution in [0.15, 0.2) is 18.2 Å². The predicted octanol–water partition coefficient (Wildman–Crippen LogP) is 3.81. The van der Waals surface area contributed by atoms with Crippen molar-refractivity contribution in [2.45, 2.75) is 20.8 Å². The van der Waals surface area contributed by atoms with Gasteiger partial charge in [-0.15, -0.1) is 11.3 Å². The molecule has 0 spiro atoms. The average molecular weight is 330 g/mol. The second kappa shape index (κ2) is 7.25. The molecule has 0 aliphatic heterocycles. The number of nitriles is 1. The molecule has 1 heterocycles. The first-order chi connectivity index (χ1) is 11.0. The van der Waals surface area contributed by atoms with Crippen LogP contribution in [0.3, 0.4) is 0 Å². The third-order valence-electron chi connectivity index (χ3n) is 3.09. The van der Waals surface area contributed by atoms with E-state index in [1.54, 1.807) is 19.1 Å². The van der Waals surface area contributed by atoms with Gasteiger partial charge >= 0.3 is 5.97 Å². The first kappa shape index (κ1) is 17.0. The zero-order chi connectivity index (χ0) is 17.0. The summed E-state index contributed by atoms with van der Waals surface area (Å²) in [7, 11) is 1.34. The van der Waals surface area contributed by atoms with Crippen molar-refractivity contribution in [1.29, 1.82) is 5.26 Å². The van der Waals surface area contributed by atoms with Gasteiger partial charge in [-0.25, -0.2) is 9.78 Å². The van der Waals surface area contributed by atoms with E-state index in [1.807, 2.05) is 19.9 Å². The van der Waals surface area contributed by atoms with Gasteiger partial charge in [-0.3, -0.25) is 0 Å². The fraction of sp³-hybridized carbons (Fsp3) is 0.353. The Hall–Kier alpha value is -2.39. The maximum absolute atomic E-state index is 11.7. The van der Waals surface area contributed by atoms with Crippen molar-refractivity contribution in [2.24, 2.45) is 5.92 Å². The fourth-order valence-electron chi connectivity index (χ4n) is 1.93. The SMILES string of the molecule is COC(=O)c1sc(-c2ccc(OCC(C)C)c(C#N)c2)nc1C. The number of nitrogens with zero attached hydrogens (tertiary/aromatic N) is 2. The molecular weight excluding hydrogens is 312 g/mol. The highest BCUT2D eigenvalue weighted by molar-refractivity contribution is 7.17. The highest BCUT2D eigenvalue weighted by atomic mass is 32.1. The Bertz CT molecular complexity index is 760. The van der Waals surface area contributed by atoms with Gasteiger partial charge in [0.05, 0.1) is 25.0 Å². The summed E-state index contributed by atoms with van der Waals surface area (Å²) < 4.78 is 10.4. The average Bonchev–Trinajstić information content (AvgIpc) is 2.93. The van der Waals surface area contributed by atoms with E-state index in [0.717, 1.165) is 5.56 Å². The minimum atomic E-state index is -0.399. The van der Waals surface area contributed by atoms with Gasteiger partial charge in [0.2, 0.25) is 0 Å². The van der Waals surface area contributed by atoms with Crippen molar-refractivity contribution < 1.29 is 14.3 Å². The van der Waals surface area contributed by atoms with E-state index in [0.29, 0.717) is 39.4 Å². The van der Waals surface area contributed by atoms with Gasteiger partial charge in [0.1, 0.15) is 21.7 Å². The molecule has 23 heavy (non-hydrogen) atoms. The quantitative estimate of drug-likeness (QED) is 0.779. The van der Waals surface area contributed by atoms with Crippen molar-refractivity contribution in [3.63, 3.8) is 0 Å². The van der Waals surface area contributed by atoms with E-state index in [1.165, 1.54) is 18.4 Å². The smallest absolute Gasteiger partial charge is 0.349 e. The fourth-order valence-corrected chi connectivity index (χ4v) is 2.92. The number of ether oxygens (including phenoxy) is 2. The van der Waals surface area contributed by atoms with E-state index in [-0.39, 0.29) is 0 Å². The molecular formula is C17H18N2O3S. The largest absolute Gasteiger partial charge is 0.492 e. The Morgan fingerprint density at radius 1 is 1.43 bits per heavy atom. The molecule has 0 saturated carbocycles. The van der Waals surface area contributed by atoms with Crippen LogP contribution in [0.25, 0.3) is 10.6 Å². The molecule has 5 nitrogen and oxygen atoms in total. The number of carbonyl (C=O) groups is 1. The number of hydrogen-bond donors (Lipinski definition) is 0. The highest BCUT2D eigenvalue weighted by Crippen LogP contribution is 2.31. The van der Waals surface area contributed by atoms with Crippen molar-refractivity contribution >= 4 is 17.3 Å². The maximum atomic E-state index is 11.7. The van der Waals surface area contributed by atoms with Crippen LogP contribution >= 0.6 is 11.3 Å². The van der Waals surface area contributed by atoms with Crippen molar-refractivity contribution in [2.75, 3.05) is 13.7 Å². The first-order valence-corrected chi connectivity index (χ1v) is 8.01. The number of rotatable bonds is 5. The molecule has 0 amide bonds. The van der Waals surface area contributed by atoms with Crippen LogP contribution < -0.4 is 4.74 Å². The number of carbonyl (C=O) groups excluding carboxylic acids is 1. The van der Waals surface area contributed by atoms with Crippen LogP contribution in [-0.2, 0) is 4.74 Å². The standard InChI is InChI=1S/C17H18N2O3S/c1-10(2)9-22-14-6-5-12(7-13(14)8-18)16-19-11(3)15(23-16)17(20)21-4/h5-7,10H,9H2,1-4H3. The summed E-state index contributed by atoms with van der Waals surface area (Å²) in [5, 5.41) is 10.00. The topological polar surface area (TPSA) is 72.2 Å². The lowest BCUT2D eigenvalue weighted by Crippen LogP contribution is -2.05.